The second-order valence-corrected chi connectivity index (χ2v) is 11.1. The summed E-state index contributed by atoms with van der Waals surface area (Å²) in [5.74, 6) is 1.43. The Kier molecular flexibility index (Phi) is 7.03. The van der Waals surface area contributed by atoms with E-state index < -0.39 is 10.0 Å². The average Bonchev–Trinajstić information content (AvgIpc) is 3.27. The lowest BCUT2D eigenvalue weighted by Crippen LogP contribution is -2.41. The second-order valence-electron chi connectivity index (χ2n) is 8.51. The van der Waals surface area contributed by atoms with Crippen LogP contribution in [0.5, 0.6) is 0 Å². The highest BCUT2D eigenvalue weighted by Crippen LogP contribution is 2.31. The van der Waals surface area contributed by atoms with E-state index in [2.05, 4.69) is 19.8 Å². The quantitative estimate of drug-likeness (QED) is 0.385. The van der Waals surface area contributed by atoms with Crippen molar-refractivity contribution < 1.29 is 13.2 Å². The third-order valence-corrected chi connectivity index (χ3v) is 8.33. The number of benzene rings is 2. The third-order valence-electron chi connectivity index (χ3n) is 6.18. The van der Waals surface area contributed by atoms with Crippen molar-refractivity contribution in [1.82, 2.24) is 29.4 Å². The van der Waals surface area contributed by atoms with E-state index in [9.17, 15) is 8.42 Å². The van der Waals surface area contributed by atoms with Crippen LogP contribution >= 0.6 is 11.8 Å². The molecule has 0 unspecified atom stereocenters. The summed E-state index contributed by atoms with van der Waals surface area (Å²) in [6.07, 6.45) is 2.01. The fourth-order valence-electron chi connectivity index (χ4n) is 4.33. The van der Waals surface area contributed by atoms with Gasteiger partial charge in [-0.3, -0.25) is 4.90 Å². The van der Waals surface area contributed by atoms with Gasteiger partial charge < -0.3 is 4.74 Å². The molecule has 0 radical (unpaired) electrons. The van der Waals surface area contributed by atoms with Crippen LogP contribution in [0.4, 0.5) is 0 Å². The number of rotatable bonds is 8. The van der Waals surface area contributed by atoms with Gasteiger partial charge in [-0.25, -0.2) is 13.1 Å². The van der Waals surface area contributed by atoms with Crippen molar-refractivity contribution in [3.8, 4) is 11.3 Å². The first kappa shape index (κ1) is 24.1. The van der Waals surface area contributed by atoms with Gasteiger partial charge in [-0.05, 0) is 24.8 Å². The molecule has 0 amide bonds. The Morgan fingerprint density at radius 3 is 2.63 bits per heavy atom. The standard InChI is InChI=1S/C24H28N6O3S2/c1-17-7-8-18(15-21(17)35(31,32)25-9-10-29-11-13-33-14-12-29)23-19-5-3-4-6-20(19)24-27-26-22(16-34-2)30(24)28-23/h3-8,15,25H,9-14,16H2,1-2H3. The fraction of sp³-hybridized carbons (Fsp3) is 0.375. The van der Waals surface area contributed by atoms with Crippen LogP contribution in [0.15, 0.2) is 47.4 Å². The van der Waals surface area contributed by atoms with E-state index in [-0.39, 0.29) is 4.90 Å². The van der Waals surface area contributed by atoms with Crippen LogP contribution in [0.3, 0.4) is 0 Å². The number of aryl methyl sites for hydroxylation is 1. The zero-order valence-electron chi connectivity index (χ0n) is 19.8. The maximum Gasteiger partial charge on any atom is 0.240 e. The summed E-state index contributed by atoms with van der Waals surface area (Å²) in [6, 6.07) is 13.3. The molecule has 5 rings (SSSR count). The molecule has 0 spiro atoms. The maximum absolute atomic E-state index is 13.2. The molecule has 1 fully saturated rings. The molecule has 3 heterocycles. The second kappa shape index (κ2) is 10.2. The van der Waals surface area contributed by atoms with Gasteiger partial charge in [0.15, 0.2) is 11.5 Å². The average molecular weight is 513 g/mol. The van der Waals surface area contributed by atoms with Crippen molar-refractivity contribution in [3.63, 3.8) is 0 Å². The monoisotopic (exact) mass is 512 g/mol. The third kappa shape index (κ3) is 4.91. The Morgan fingerprint density at radius 1 is 1.09 bits per heavy atom. The molecular formula is C24H28N6O3S2. The van der Waals surface area contributed by atoms with Gasteiger partial charge in [0.1, 0.15) is 0 Å². The number of nitrogens with one attached hydrogen (secondary N) is 1. The van der Waals surface area contributed by atoms with Gasteiger partial charge in [-0.2, -0.15) is 21.4 Å². The topological polar surface area (TPSA) is 102 Å². The molecule has 1 aliphatic heterocycles. The smallest absolute Gasteiger partial charge is 0.240 e. The first-order valence-corrected chi connectivity index (χ1v) is 14.4. The number of ether oxygens (including phenoxy) is 1. The number of thioether (sulfide) groups is 1. The molecule has 1 N–H and O–H groups in total. The highest BCUT2D eigenvalue weighted by molar-refractivity contribution is 7.97. The van der Waals surface area contributed by atoms with E-state index in [4.69, 9.17) is 9.84 Å². The highest BCUT2D eigenvalue weighted by Gasteiger charge is 2.21. The lowest BCUT2D eigenvalue weighted by molar-refractivity contribution is 0.0390. The van der Waals surface area contributed by atoms with Gasteiger partial charge in [-0.15, -0.1) is 10.2 Å². The maximum atomic E-state index is 13.2. The number of aromatic nitrogens is 4. The molecule has 0 bridgehead atoms. The largest absolute Gasteiger partial charge is 0.379 e. The lowest BCUT2D eigenvalue weighted by atomic mass is 10.0. The van der Waals surface area contributed by atoms with Gasteiger partial charge in [0.2, 0.25) is 10.0 Å². The summed E-state index contributed by atoms with van der Waals surface area (Å²) in [4.78, 5) is 2.46. The first-order chi connectivity index (χ1) is 17.0. The Labute approximate surface area is 208 Å². The minimum absolute atomic E-state index is 0.260. The van der Waals surface area contributed by atoms with Crippen LogP contribution in [-0.4, -0.2) is 78.8 Å². The number of fused-ring (bicyclic) bond motifs is 3. The van der Waals surface area contributed by atoms with Crippen LogP contribution in [-0.2, 0) is 20.5 Å². The van der Waals surface area contributed by atoms with Crippen LogP contribution in [0.1, 0.15) is 11.4 Å². The van der Waals surface area contributed by atoms with Crippen molar-refractivity contribution in [1.29, 1.82) is 0 Å². The highest BCUT2D eigenvalue weighted by atomic mass is 32.2. The minimum atomic E-state index is -3.69. The number of hydrogen-bond donors (Lipinski definition) is 1. The van der Waals surface area contributed by atoms with Gasteiger partial charge in [0.25, 0.3) is 0 Å². The van der Waals surface area contributed by atoms with E-state index >= 15 is 0 Å². The Morgan fingerprint density at radius 2 is 1.86 bits per heavy atom. The summed E-state index contributed by atoms with van der Waals surface area (Å²) in [5.41, 5.74) is 2.80. The van der Waals surface area contributed by atoms with E-state index in [0.717, 1.165) is 35.2 Å². The first-order valence-electron chi connectivity index (χ1n) is 11.5. The fourth-order valence-corrected chi connectivity index (χ4v) is 6.06. The molecule has 1 aliphatic rings. The van der Waals surface area contributed by atoms with E-state index in [1.165, 1.54) is 0 Å². The summed E-state index contributed by atoms with van der Waals surface area (Å²) >= 11 is 1.65. The van der Waals surface area contributed by atoms with E-state index in [1.807, 2.05) is 49.6 Å². The predicted molar refractivity (Wildman–Crippen MR) is 138 cm³/mol. The number of morpholine rings is 1. The molecule has 2 aromatic carbocycles. The molecule has 11 heteroatoms. The summed E-state index contributed by atoms with van der Waals surface area (Å²) in [5, 5.41) is 15.4. The molecule has 0 atom stereocenters. The molecular weight excluding hydrogens is 484 g/mol. The summed E-state index contributed by atoms with van der Waals surface area (Å²) in [7, 11) is -3.69. The Bertz CT molecular complexity index is 1470. The SMILES string of the molecule is CSCc1nnc2c3ccccc3c(-c3ccc(C)c(S(=O)(=O)NCCN4CCOCC4)c3)nn12. The van der Waals surface area contributed by atoms with Crippen molar-refractivity contribution >= 4 is 38.2 Å². The van der Waals surface area contributed by atoms with Crippen molar-refractivity contribution in [2.75, 3.05) is 45.6 Å². The molecule has 184 valence electrons. The van der Waals surface area contributed by atoms with Crippen LogP contribution in [0.25, 0.3) is 27.7 Å². The van der Waals surface area contributed by atoms with Gasteiger partial charge in [0, 0.05) is 42.5 Å². The minimum Gasteiger partial charge on any atom is -0.379 e. The zero-order valence-corrected chi connectivity index (χ0v) is 21.4. The molecule has 9 nitrogen and oxygen atoms in total. The van der Waals surface area contributed by atoms with Crippen LogP contribution in [0.2, 0.25) is 0 Å². The van der Waals surface area contributed by atoms with E-state index in [1.54, 1.807) is 22.3 Å². The van der Waals surface area contributed by atoms with Crippen LogP contribution in [0, 0.1) is 6.92 Å². The van der Waals surface area contributed by atoms with Gasteiger partial charge >= 0.3 is 0 Å². The van der Waals surface area contributed by atoms with Crippen LogP contribution < -0.4 is 4.72 Å². The van der Waals surface area contributed by atoms with Gasteiger partial charge in [0.05, 0.1) is 29.6 Å². The number of nitrogens with zero attached hydrogens (tertiary/aromatic N) is 5. The molecule has 2 aromatic heterocycles. The molecule has 0 aliphatic carbocycles. The van der Waals surface area contributed by atoms with Gasteiger partial charge in [-0.1, -0.05) is 36.4 Å². The number of hydrogen-bond acceptors (Lipinski definition) is 8. The lowest BCUT2D eigenvalue weighted by Gasteiger charge is -2.26. The van der Waals surface area contributed by atoms with E-state index in [0.29, 0.717) is 49.0 Å². The number of sulfonamides is 1. The summed E-state index contributed by atoms with van der Waals surface area (Å²) in [6.45, 7) is 5.81. The molecule has 0 saturated carbocycles. The zero-order chi connectivity index (χ0) is 24.4. The van der Waals surface area contributed by atoms with Crippen molar-refractivity contribution in [3.05, 3.63) is 53.9 Å². The predicted octanol–water partition coefficient (Wildman–Crippen LogP) is 2.73. The molecule has 35 heavy (non-hydrogen) atoms. The van der Waals surface area contributed by atoms with Crippen molar-refractivity contribution in [2.24, 2.45) is 0 Å². The molecule has 1 saturated heterocycles. The Hall–Kier alpha value is -2.57. The molecule has 4 aromatic rings. The summed E-state index contributed by atoms with van der Waals surface area (Å²) < 4.78 is 36.4. The normalized spacial score (nSPS) is 15.3. The Balaban J connectivity index is 1.52. The van der Waals surface area contributed by atoms with Crippen molar-refractivity contribution in [2.45, 2.75) is 17.6 Å².